The molecule has 9 nitrogen and oxygen atoms in total. The molecule has 1 aromatic rings. The molecule has 1 unspecified atom stereocenters. The SMILES string of the molecule is CN(C)C=Nc1nccc2c1NC(O)N2[C@@H]1CCCN(C(=O)OC(C)(C)C)C1. The molecule has 2 N–H and O–H groups in total. The Balaban J connectivity index is 1.80. The van der Waals surface area contributed by atoms with Crippen LogP contribution in [0, 0.1) is 0 Å². The van der Waals surface area contributed by atoms with Crippen LogP contribution in [0.3, 0.4) is 0 Å². The number of carbonyl (C=O) groups excluding carboxylic acids is 1. The lowest BCUT2D eigenvalue weighted by Gasteiger charge is -2.40. The van der Waals surface area contributed by atoms with E-state index in [0.717, 1.165) is 18.5 Å². The first-order chi connectivity index (χ1) is 13.2. The van der Waals surface area contributed by atoms with Crippen molar-refractivity contribution in [2.75, 3.05) is 37.4 Å². The average Bonchev–Trinajstić information content (AvgIpc) is 2.95. The molecule has 0 aromatic carbocycles. The van der Waals surface area contributed by atoms with Crippen LogP contribution < -0.4 is 10.2 Å². The molecule has 1 fully saturated rings. The maximum absolute atomic E-state index is 12.5. The molecule has 1 amide bonds. The van der Waals surface area contributed by atoms with E-state index in [9.17, 15) is 9.90 Å². The largest absolute Gasteiger partial charge is 0.444 e. The summed E-state index contributed by atoms with van der Waals surface area (Å²) in [5.41, 5.74) is 1.00. The highest BCUT2D eigenvalue weighted by Gasteiger charge is 2.38. The van der Waals surface area contributed by atoms with Gasteiger partial charge in [0.2, 0.25) is 6.35 Å². The molecule has 0 radical (unpaired) electrons. The molecule has 2 aliphatic heterocycles. The molecule has 28 heavy (non-hydrogen) atoms. The number of aliphatic hydroxyl groups is 1. The third-order valence-electron chi connectivity index (χ3n) is 4.58. The van der Waals surface area contributed by atoms with Gasteiger partial charge in [0.25, 0.3) is 0 Å². The normalized spacial score (nSPS) is 22.2. The lowest BCUT2D eigenvalue weighted by atomic mass is 10.0. The van der Waals surface area contributed by atoms with Crippen molar-refractivity contribution in [1.29, 1.82) is 0 Å². The van der Waals surface area contributed by atoms with Crippen molar-refractivity contribution >= 4 is 29.6 Å². The summed E-state index contributed by atoms with van der Waals surface area (Å²) in [6.07, 6.45) is 3.86. The third kappa shape index (κ3) is 4.46. The van der Waals surface area contributed by atoms with Crippen LogP contribution in [0.4, 0.5) is 22.0 Å². The van der Waals surface area contributed by atoms with Crippen LogP contribution in [-0.4, -0.2) is 77.5 Å². The van der Waals surface area contributed by atoms with Gasteiger partial charge in [-0.15, -0.1) is 0 Å². The van der Waals surface area contributed by atoms with E-state index in [1.54, 1.807) is 17.4 Å². The summed E-state index contributed by atoms with van der Waals surface area (Å²) in [5.74, 6) is 0.521. The minimum absolute atomic E-state index is 0.0295. The lowest BCUT2D eigenvalue weighted by Crippen LogP contribution is -2.53. The van der Waals surface area contributed by atoms with Crippen LogP contribution in [0.2, 0.25) is 0 Å². The topological polar surface area (TPSA) is 93.5 Å². The van der Waals surface area contributed by atoms with Crippen molar-refractivity contribution in [3.63, 3.8) is 0 Å². The number of nitrogens with one attached hydrogen (secondary N) is 1. The van der Waals surface area contributed by atoms with Gasteiger partial charge in [-0.05, 0) is 39.7 Å². The average molecular weight is 390 g/mol. The van der Waals surface area contributed by atoms with Crippen LogP contribution in [0.1, 0.15) is 33.6 Å². The Bertz CT molecular complexity index is 746. The number of hydrogen-bond acceptors (Lipinski definition) is 7. The molecule has 2 aliphatic rings. The summed E-state index contributed by atoms with van der Waals surface area (Å²) >= 11 is 0. The van der Waals surface area contributed by atoms with Gasteiger partial charge in [-0.3, -0.25) is 0 Å². The molecule has 0 aliphatic carbocycles. The number of rotatable bonds is 3. The minimum atomic E-state index is -0.893. The second kappa shape index (κ2) is 7.83. The zero-order valence-electron chi connectivity index (χ0n) is 17.2. The quantitative estimate of drug-likeness (QED) is 0.604. The first kappa shape index (κ1) is 20.2. The van der Waals surface area contributed by atoms with Gasteiger partial charge >= 0.3 is 6.09 Å². The van der Waals surface area contributed by atoms with E-state index >= 15 is 0 Å². The molecule has 2 atom stereocenters. The van der Waals surface area contributed by atoms with E-state index in [-0.39, 0.29) is 12.1 Å². The maximum Gasteiger partial charge on any atom is 0.410 e. The molecule has 1 saturated heterocycles. The smallest absolute Gasteiger partial charge is 0.410 e. The van der Waals surface area contributed by atoms with Gasteiger partial charge in [0.15, 0.2) is 5.82 Å². The van der Waals surface area contributed by atoms with Crippen LogP contribution in [0.25, 0.3) is 0 Å². The number of aliphatic imine (C=N–C) groups is 1. The summed E-state index contributed by atoms with van der Waals surface area (Å²) in [5, 5.41) is 13.7. The van der Waals surface area contributed by atoms with Crippen LogP contribution in [0.15, 0.2) is 17.3 Å². The van der Waals surface area contributed by atoms with E-state index < -0.39 is 12.0 Å². The Morgan fingerprint density at radius 2 is 2.21 bits per heavy atom. The zero-order chi connectivity index (χ0) is 20.5. The second-order valence-electron chi connectivity index (χ2n) is 8.38. The van der Waals surface area contributed by atoms with Crippen molar-refractivity contribution in [3.05, 3.63) is 12.3 Å². The Morgan fingerprint density at radius 1 is 1.46 bits per heavy atom. The number of fused-ring (bicyclic) bond motifs is 1. The summed E-state index contributed by atoms with van der Waals surface area (Å²) in [4.78, 5) is 26.6. The number of carbonyl (C=O) groups is 1. The van der Waals surface area contributed by atoms with Gasteiger partial charge in [-0.1, -0.05) is 0 Å². The van der Waals surface area contributed by atoms with Gasteiger partial charge < -0.3 is 29.9 Å². The van der Waals surface area contributed by atoms with Crippen LogP contribution >= 0.6 is 0 Å². The van der Waals surface area contributed by atoms with Crippen LogP contribution in [0.5, 0.6) is 0 Å². The predicted molar refractivity (Wildman–Crippen MR) is 109 cm³/mol. The lowest BCUT2D eigenvalue weighted by molar-refractivity contribution is 0.0185. The number of pyridine rings is 1. The number of likely N-dealkylation sites (tertiary alicyclic amines) is 1. The van der Waals surface area contributed by atoms with Gasteiger partial charge in [0.05, 0.1) is 18.1 Å². The monoisotopic (exact) mass is 390 g/mol. The molecular formula is C19H30N6O3. The zero-order valence-corrected chi connectivity index (χ0v) is 17.2. The molecule has 9 heteroatoms. The standard InChI is InChI=1S/C19H30N6O3/c1-19(2,3)28-18(27)24-10-6-7-13(11-24)25-14-8-9-20-16(21-12-23(4)5)15(14)22-17(25)26/h8-9,12-13,17,22,26H,6-7,10-11H2,1-5H3/t13-,17?/m1/s1. The van der Waals surface area contributed by atoms with Gasteiger partial charge in [0.1, 0.15) is 11.3 Å². The number of anilines is 2. The highest BCUT2D eigenvalue weighted by Crippen LogP contribution is 2.41. The first-order valence-electron chi connectivity index (χ1n) is 9.56. The summed E-state index contributed by atoms with van der Waals surface area (Å²) in [6, 6.07) is 1.83. The highest BCUT2D eigenvalue weighted by atomic mass is 16.6. The van der Waals surface area contributed by atoms with Crippen molar-refractivity contribution in [1.82, 2.24) is 14.8 Å². The molecule has 0 spiro atoms. The fourth-order valence-electron chi connectivity index (χ4n) is 3.46. The maximum atomic E-state index is 12.5. The minimum Gasteiger partial charge on any atom is -0.444 e. The molecule has 3 heterocycles. The van der Waals surface area contributed by atoms with Gasteiger partial charge in [0, 0.05) is 33.4 Å². The van der Waals surface area contributed by atoms with Crippen molar-refractivity contribution in [3.8, 4) is 0 Å². The van der Waals surface area contributed by atoms with Gasteiger partial charge in [-0.25, -0.2) is 14.8 Å². The number of aliphatic hydroxyl groups excluding tert-OH is 1. The van der Waals surface area contributed by atoms with Crippen molar-refractivity contribution in [2.24, 2.45) is 4.99 Å². The molecule has 0 bridgehead atoms. The van der Waals surface area contributed by atoms with Gasteiger partial charge in [-0.2, -0.15) is 0 Å². The molecule has 154 valence electrons. The number of amides is 1. The third-order valence-corrected chi connectivity index (χ3v) is 4.58. The number of aromatic nitrogens is 1. The Labute approximate surface area is 166 Å². The van der Waals surface area contributed by atoms with E-state index in [0.29, 0.717) is 24.6 Å². The fourth-order valence-corrected chi connectivity index (χ4v) is 3.46. The van der Waals surface area contributed by atoms with E-state index in [1.807, 2.05) is 50.7 Å². The number of nitrogens with zero attached hydrogens (tertiary/aromatic N) is 5. The van der Waals surface area contributed by atoms with E-state index in [1.165, 1.54) is 0 Å². The van der Waals surface area contributed by atoms with Crippen molar-refractivity contribution in [2.45, 2.75) is 51.6 Å². The highest BCUT2D eigenvalue weighted by molar-refractivity contribution is 5.85. The Morgan fingerprint density at radius 3 is 2.89 bits per heavy atom. The Hall–Kier alpha value is -2.55. The predicted octanol–water partition coefficient (Wildman–Crippen LogP) is 2.21. The number of hydrogen-bond donors (Lipinski definition) is 2. The second-order valence-corrected chi connectivity index (χ2v) is 8.38. The molecule has 1 aromatic heterocycles. The molecule has 0 saturated carbocycles. The van der Waals surface area contributed by atoms with E-state index in [4.69, 9.17) is 4.74 Å². The molecular weight excluding hydrogens is 360 g/mol. The summed E-state index contributed by atoms with van der Waals surface area (Å²) in [6.45, 7) is 6.73. The van der Waals surface area contributed by atoms with Crippen LogP contribution in [-0.2, 0) is 4.74 Å². The summed E-state index contributed by atoms with van der Waals surface area (Å²) < 4.78 is 5.51. The van der Waals surface area contributed by atoms with E-state index in [2.05, 4.69) is 15.3 Å². The number of ether oxygens (including phenoxy) is 1. The number of piperidine rings is 1. The fraction of sp³-hybridized carbons (Fsp3) is 0.632. The van der Waals surface area contributed by atoms with Crippen molar-refractivity contribution < 1.29 is 14.6 Å². The Kier molecular flexibility index (Phi) is 5.64. The molecule has 3 rings (SSSR count). The first-order valence-corrected chi connectivity index (χ1v) is 9.56. The summed E-state index contributed by atoms with van der Waals surface area (Å²) in [7, 11) is 3.77.